The van der Waals surface area contributed by atoms with Crippen molar-refractivity contribution >= 4 is 0 Å². The largest absolute Gasteiger partial charge is 0.374 e. The number of ether oxygens (including phenoxy) is 1. The van der Waals surface area contributed by atoms with Gasteiger partial charge >= 0.3 is 0 Å². The van der Waals surface area contributed by atoms with Crippen LogP contribution in [0.2, 0.25) is 0 Å². The second-order valence-electron chi connectivity index (χ2n) is 3.42. The summed E-state index contributed by atoms with van der Waals surface area (Å²) < 4.78 is 5.20. The minimum Gasteiger partial charge on any atom is -0.374 e. The molecule has 84 valence electrons. The molecule has 0 saturated carbocycles. The highest BCUT2D eigenvalue weighted by molar-refractivity contribution is 5.02. The van der Waals surface area contributed by atoms with Crippen LogP contribution in [0, 0.1) is 0 Å². The van der Waals surface area contributed by atoms with Gasteiger partial charge in [-0.1, -0.05) is 13.3 Å². The van der Waals surface area contributed by atoms with Gasteiger partial charge in [0.1, 0.15) is 12.4 Å². The number of hydrogen-bond acceptors (Lipinski definition) is 3. The Bertz CT molecular complexity index is 317. The Kier molecular flexibility index (Phi) is 5.04. The number of aromatic nitrogens is 2. The summed E-state index contributed by atoms with van der Waals surface area (Å²) in [5.74, 6) is 0.621. The average Bonchev–Trinajstić information content (AvgIpc) is 2.23. The standard InChI is InChI=1S/C11H18N2O2/c1-3-5-6-9-7-11(14)13-10(12-9)8-15-4-2/h7H,3-6,8H2,1-2H3,(H,12,13,14). The zero-order valence-corrected chi connectivity index (χ0v) is 9.38. The van der Waals surface area contributed by atoms with E-state index in [2.05, 4.69) is 16.9 Å². The molecule has 0 aromatic carbocycles. The molecule has 0 bridgehead atoms. The zero-order chi connectivity index (χ0) is 11.1. The van der Waals surface area contributed by atoms with Crippen molar-refractivity contribution in [2.24, 2.45) is 0 Å². The summed E-state index contributed by atoms with van der Waals surface area (Å²) in [4.78, 5) is 18.3. The number of rotatable bonds is 6. The van der Waals surface area contributed by atoms with Crippen molar-refractivity contribution in [1.82, 2.24) is 9.97 Å². The molecule has 0 fully saturated rings. The molecule has 0 aliphatic rings. The molecule has 1 N–H and O–H groups in total. The third kappa shape index (κ3) is 4.25. The van der Waals surface area contributed by atoms with Crippen LogP contribution >= 0.6 is 0 Å². The lowest BCUT2D eigenvalue weighted by molar-refractivity contribution is 0.128. The number of aromatic amines is 1. The Hall–Kier alpha value is -1.16. The lowest BCUT2D eigenvalue weighted by Crippen LogP contribution is -2.13. The van der Waals surface area contributed by atoms with Crippen LogP contribution in [0.4, 0.5) is 0 Å². The summed E-state index contributed by atoms with van der Waals surface area (Å²) in [6.45, 7) is 5.04. The van der Waals surface area contributed by atoms with Crippen molar-refractivity contribution in [2.75, 3.05) is 6.61 Å². The molecule has 1 rings (SSSR count). The topological polar surface area (TPSA) is 55.0 Å². The fourth-order valence-electron chi connectivity index (χ4n) is 1.32. The maximum atomic E-state index is 11.3. The van der Waals surface area contributed by atoms with Gasteiger partial charge in [-0.3, -0.25) is 4.79 Å². The summed E-state index contributed by atoms with van der Waals surface area (Å²) in [5, 5.41) is 0. The van der Waals surface area contributed by atoms with E-state index in [1.807, 2.05) is 6.92 Å². The van der Waals surface area contributed by atoms with Crippen molar-refractivity contribution in [3.8, 4) is 0 Å². The molecule has 0 unspecified atom stereocenters. The Balaban J connectivity index is 2.71. The molecule has 4 heteroatoms. The monoisotopic (exact) mass is 210 g/mol. The number of hydrogen-bond donors (Lipinski definition) is 1. The molecule has 0 atom stereocenters. The highest BCUT2D eigenvalue weighted by Gasteiger charge is 2.00. The van der Waals surface area contributed by atoms with Crippen LogP contribution in [0.3, 0.4) is 0 Å². The van der Waals surface area contributed by atoms with Crippen LogP contribution in [-0.2, 0) is 17.8 Å². The van der Waals surface area contributed by atoms with Crippen LogP contribution in [0.15, 0.2) is 10.9 Å². The Labute approximate surface area is 89.7 Å². The van der Waals surface area contributed by atoms with E-state index in [9.17, 15) is 4.79 Å². The Morgan fingerprint density at radius 1 is 1.47 bits per heavy atom. The van der Waals surface area contributed by atoms with Gasteiger partial charge in [0.05, 0.1) is 0 Å². The Morgan fingerprint density at radius 2 is 2.27 bits per heavy atom. The second kappa shape index (κ2) is 6.35. The van der Waals surface area contributed by atoms with E-state index in [0.29, 0.717) is 19.0 Å². The normalized spacial score (nSPS) is 10.5. The van der Waals surface area contributed by atoms with Crippen molar-refractivity contribution in [2.45, 2.75) is 39.7 Å². The Morgan fingerprint density at radius 3 is 2.93 bits per heavy atom. The summed E-state index contributed by atoms with van der Waals surface area (Å²) in [7, 11) is 0. The summed E-state index contributed by atoms with van der Waals surface area (Å²) in [6, 6.07) is 1.56. The summed E-state index contributed by atoms with van der Waals surface area (Å²) in [6.07, 6.45) is 3.03. The molecule has 0 aliphatic heterocycles. The maximum absolute atomic E-state index is 11.3. The first-order chi connectivity index (χ1) is 7.26. The predicted molar refractivity (Wildman–Crippen MR) is 58.8 cm³/mol. The third-order valence-corrected chi connectivity index (χ3v) is 2.07. The van der Waals surface area contributed by atoms with Crippen molar-refractivity contribution in [1.29, 1.82) is 0 Å². The van der Waals surface area contributed by atoms with E-state index in [4.69, 9.17) is 4.74 Å². The van der Waals surface area contributed by atoms with Crippen molar-refractivity contribution in [3.05, 3.63) is 27.9 Å². The summed E-state index contributed by atoms with van der Waals surface area (Å²) >= 11 is 0. The quantitative estimate of drug-likeness (QED) is 0.776. The maximum Gasteiger partial charge on any atom is 0.251 e. The number of H-pyrrole nitrogens is 1. The molecule has 1 aromatic heterocycles. The van der Waals surface area contributed by atoms with E-state index >= 15 is 0 Å². The van der Waals surface area contributed by atoms with Gasteiger partial charge in [-0.2, -0.15) is 0 Å². The van der Waals surface area contributed by atoms with E-state index in [1.54, 1.807) is 6.07 Å². The van der Waals surface area contributed by atoms with Gasteiger partial charge in [0.15, 0.2) is 0 Å². The molecule has 15 heavy (non-hydrogen) atoms. The van der Waals surface area contributed by atoms with Gasteiger partial charge in [-0.25, -0.2) is 4.98 Å². The van der Waals surface area contributed by atoms with Crippen LogP contribution < -0.4 is 5.56 Å². The molecule has 0 spiro atoms. The molecule has 1 heterocycles. The van der Waals surface area contributed by atoms with E-state index < -0.39 is 0 Å². The lowest BCUT2D eigenvalue weighted by atomic mass is 10.2. The van der Waals surface area contributed by atoms with Gasteiger partial charge < -0.3 is 9.72 Å². The van der Waals surface area contributed by atoms with Gasteiger partial charge in [0.25, 0.3) is 5.56 Å². The SMILES string of the molecule is CCCCc1cc(=O)[nH]c(COCC)n1. The van der Waals surface area contributed by atoms with Crippen LogP contribution in [0.5, 0.6) is 0 Å². The minimum absolute atomic E-state index is 0.0918. The second-order valence-corrected chi connectivity index (χ2v) is 3.42. The van der Waals surface area contributed by atoms with Crippen LogP contribution in [-0.4, -0.2) is 16.6 Å². The molecular formula is C11H18N2O2. The highest BCUT2D eigenvalue weighted by Crippen LogP contribution is 2.00. The number of unbranched alkanes of at least 4 members (excludes halogenated alkanes) is 1. The van der Waals surface area contributed by atoms with Gasteiger partial charge in [0, 0.05) is 18.4 Å². The fourth-order valence-corrected chi connectivity index (χ4v) is 1.32. The number of nitrogens with one attached hydrogen (secondary N) is 1. The fraction of sp³-hybridized carbons (Fsp3) is 0.636. The number of aryl methyl sites for hydroxylation is 1. The predicted octanol–water partition coefficient (Wildman–Crippen LogP) is 1.65. The first kappa shape index (κ1) is 11.9. The van der Waals surface area contributed by atoms with Gasteiger partial charge in [0.2, 0.25) is 0 Å². The van der Waals surface area contributed by atoms with Crippen molar-refractivity contribution in [3.63, 3.8) is 0 Å². The minimum atomic E-state index is -0.0918. The first-order valence-corrected chi connectivity index (χ1v) is 5.43. The molecule has 1 aromatic rings. The molecule has 0 saturated heterocycles. The van der Waals surface area contributed by atoms with E-state index in [1.165, 1.54) is 0 Å². The van der Waals surface area contributed by atoms with Gasteiger partial charge in [-0.15, -0.1) is 0 Å². The molecular weight excluding hydrogens is 192 g/mol. The van der Waals surface area contributed by atoms with E-state index in [-0.39, 0.29) is 5.56 Å². The smallest absolute Gasteiger partial charge is 0.251 e. The van der Waals surface area contributed by atoms with Crippen molar-refractivity contribution < 1.29 is 4.74 Å². The summed E-state index contributed by atoms with van der Waals surface area (Å²) in [5.41, 5.74) is 0.765. The molecule has 0 radical (unpaired) electrons. The average molecular weight is 210 g/mol. The molecule has 0 amide bonds. The number of nitrogens with zero attached hydrogens (tertiary/aromatic N) is 1. The molecule has 0 aliphatic carbocycles. The van der Waals surface area contributed by atoms with Gasteiger partial charge in [-0.05, 0) is 19.8 Å². The van der Waals surface area contributed by atoms with Crippen LogP contribution in [0.1, 0.15) is 38.2 Å². The third-order valence-electron chi connectivity index (χ3n) is 2.07. The zero-order valence-electron chi connectivity index (χ0n) is 9.38. The van der Waals surface area contributed by atoms with Crippen LogP contribution in [0.25, 0.3) is 0 Å². The van der Waals surface area contributed by atoms with E-state index in [0.717, 1.165) is 25.0 Å². The molecule has 4 nitrogen and oxygen atoms in total. The first-order valence-electron chi connectivity index (χ1n) is 5.43. The lowest BCUT2D eigenvalue weighted by Gasteiger charge is -2.03. The highest BCUT2D eigenvalue weighted by atomic mass is 16.5.